The molecule has 24 heavy (non-hydrogen) atoms. The number of hydrogen-bond donors (Lipinski definition) is 0. The number of carbonyl (C=O) groups excluding carboxylic acids is 2. The average Bonchev–Trinajstić information content (AvgIpc) is 3.22. The molecule has 0 aromatic heterocycles. The standard InChI is InChI=1S/C18H18ClNO4/c1-2-9-23-17(22)14-13-7-8-18(24-13)10-20(16(21)15(14)18)12-5-3-11(19)4-6-12/h3-8,13-15H,2,9-10H2,1H3/t13-,14-,15+,18-/m1/s1. The van der Waals surface area contributed by atoms with Crippen molar-refractivity contribution < 1.29 is 19.1 Å². The Labute approximate surface area is 145 Å². The zero-order valence-corrected chi connectivity index (χ0v) is 14.0. The maximum Gasteiger partial charge on any atom is 0.312 e. The first-order valence-corrected chi connectivity index (χ1v) is 8.54. The van der Waals surface area contributed by atoms with Crippen LogP contribution in [-0.2, 0) is 19.1 Å². The third-order valence-corrected chi connectivity index (χ3v) is 5.21. The Morgan fingerprint density at radius 2 is 2.17 bits per heavy atom. The molecule has 4 rings (SSSR count). The van der Waals surface area contributed by atoms with Crippen LogP contribution in [0.1, 0.15) is 13.3 Å². The van der Waals surface area contributed by atoms with E-state index in [1.54, 1.807) is 29.2 Å². The molecule has 0 saturated carbocycles. The highest BCUT2D eigenvalue weighted by Crippen LogP contribution is 2.52. The maximum atomic E-state index is 13.0. The number of amides is 1. The van der Waals surface area contributed by atoms with Crippen LogP contribution in [0.3, 0.4) is 0 Å². The number of anilines is 1. The fraction of sp³-hybridized carbons (Fsp3) is 0.444. The maximum absolute atomic E-state index is 13.0. The van der Waals surface area contributed by atoms with Gasteiger partial charge in [0.2, 0.25) is 5.91 Å². The van der Waals surface area contributed by atoms with Crippen molar-refractivity contribution >= 4 is 29.2 Å². The molecule has 126 valence electrons. The number of halogens is 1. The van der Waals surface area contributed by atoms with Crippen LogP contribution in [0.4, 0.5) is 5.69 Å². The second-order valence-corrected chi connectivity index (χ2v) is 6.90. The molecule has 1 aromatic rings. The highest BCUT2D eigenvalue weighted by molar-refractivity contribution is 6.30. The van der Waals surface area contributed by atoms with Crippen LogP contribution in [0, 0.1) is 11.8 Å². The van der Waals surface area contributed by atoms with Crippen molar-refractivity contribution in [2.75, 3.05) is 18.1 Å². The summed E-state index contributed by atoms with van der Waals surface area (Å²) in [5.41, 5.74) is 0.0337. The van der Waals surface area contributed by atoms with Crippen molar-refractivity contribution in [1.82, 2.24) is 0 Å². The van der Waals surface area contributed by atoms with Crippen molar-refractivity contribution in [2.24, 2.45) is 11.8 Å². The minimum atomic E-state index is -0.725. The van der Waals surface area contributed by atoms with Gasteiger partial charge in [-0.05, 0) is 30.7 Å². The molecule has 2 saturated heterocycles. The minimum Gasteiger partial charge on any atom is -0.465 e. The number of esters is 1. The van der Waals surface area contributed by atoms with Gasteiger partial charge in [-0.1, -0.05) is 30.7 Å². The lowest BCUT2D eigenvalue weighted by molar-refractivity contribution is -0.152. The quantitative estimate of drug-likeness (QED) is 0.620. The van der Waals surface area contributed by atoms with E-state index in [4.69, 9.17) is 21.1 Å². The Balaban J connectivity index is 1.64. The molecule has 3 aliphatic heterocycles. The summed E-state index contributed by atoms with van der Waals surface area (Å²) >= 11 is 5.92. The van der Waals surface area contributed by atoms with E-state index in [2.05, 4.69) is 0 Å². The zero-order valence-electron chi connectivity index (χ0n) is 13.3. The van der Waals surface area contributed by atoms with Gasteiger partial charge >= 0.3 is 5.97 Å². The lowest BCUT2D eigenvalue weighted by Gasteiger charge is -2.22. The molecular weight excluding hydrogens is 330 g/mol. The Kier molecular flexibility index (Phi) is 3.66. The number of benzene rings is 1. The van der Waals surface area contributed by atoms with Crippen LogP contribution in [0.5, 0.6) is 0 Å². The summed E-state index contributed by atoms with van der Waals surface area (Å²) in [4.78, 5) is 27.1. The summed E-state index contributed by atoms with van der Waals surface area (Å²) in [6, 6.07) is 7.10. The Bertz CT molecular complexity index is 716. The lowest BCUT2D eigenvalue weighted by Crippen LogP contribution is -2.40. The summed E-state index contributed by atoms with van der Waals surface area (Å²) in [7, 11) is 0. The Morgan fingerprint density at radius 3 is 2.88 bits per heavy atom. The van der Waals surface area contributed by atoms with Crippen LogP contribution < -0.4 is 4.90 Å². The van der Waals surface area contributed by atoms with Gasteiger partial charge in [-0.3, -0.25) is 9.59 Å². The van der Waals surface area contributed by atoms with E-state index >= 15 is 0 Å². The van der Waals surface area contributed by atoms with Gasteiger partial charge < -0.3 is 14.4 Å². The molecule has 1 amide bonds. The van der Waals surface area contributed by atoms with Crippen molar-refractivity contribution in [3.05, 3.63) is 41.4 Å². The van der Waals surface area contributed by atoms with E-state index in [9.17, 15) is 9.59 Å². The van der Waals surface area contributed by atoms with E-state index < -0.39 is 17.4 Å². The molecule has 0 aliphatic carbocycles. The molecule has 2 bridgehead atoms. The van der Waals surface area contributed by atoms with Crippen molar-refractivity contribution in [3.63, 3.8) is 0 Å². The molecular formula is C18H18ClNO4. The number of carbonyl (C=O) groups is 2. The second-order valence-electron chi connectivity index (χ2n) is 6.47. The third-order valence-electron chi connectivity index (χ3n) is 4.96. The predicted molar refractivity (Wildman–Crippen MR) is 88.8 cm³/mol. The van der Waals surface area contributed by atoms with E-state index in [1.165, 1.54) is 0 Å². The summed E-state index contributed by atoms with van der Waals surface area (Å²) in [6.45, 7) is 2.71. The van der Waals surface area contributed by atoms with E-state index in [0.717, 1.165) is 12.1 Å². The molecule has 0 unspecified atom stereocenters. The molecule has 5 nitrogen and oxygen atoms in total. The summed E-state index contributed by atoms with van der Waals surface area (Å²) in [5.74, 6) is -1.52. The predicted octanol–water partition coefficient (Wildman–Crippen LogP) is 2.58. The first-order chi connectivity index (χ1) is 11.6. The van der Waals surface area contributed by atoms with Crippen LogP contribution in [0.2, 0.25) is 5.02 Å². The van der Waals surface area contributed by atoms with Gasteiger partial charge in [0.25, 0.3) is 0 Å². The number of fused-ring (bicyclic) bond motifs is 1. The molecule has 4 atom stereocenters. The van der Waals surface area contributed by atoms with Crippen molar-refractivity contribution in [1.29, 1.82) is 0 Å². The topological polar surface area (TPSA) is 55.8 Å². The molecule has 0 radical (unpaired) electrons. The average molecular weight is 348 g/mol. The van der Waals surface area contributed by atoms with Crippen LogP contribution >= 0.6 is 11.6 Å². The summed E-state index contributed by atoms with van der Waals surface area (Å²) in [5, 5.41) is 0.613. The molecule has 2 fully saturated rings. The molecule has 3 aliphatic rings. The van der Waals surface area contributed by atoms with Crippen LogP contribution in [0.25, 0.3) is 0 Å². The largest absolute Gasteiger partial charge is 0.465 e. The normalized spacial score (nSPS) is 33.2. The third kappa shape index (κ3) is 2.19. The molecule has 1 spiro atoms. The number of hydrogen-bond acceptors (Lipinski definition) is 4. The SMILES string of the molecule is CCCOC(=O)[C@H]1[C@H]2C(=O)N(c3ccc(Cl)cc3)C[C@]23C=C[C@H]1O3. The Morgan fingerprint density at radius 1 is 1.42 bits per heavy atom. The molecule has 3 heterocycles. The Hall–Kier alpha value is -1.85. The zero-order chi connectivity index (χ0) is 16.9. The van der Waals surface area contributed by atoms with Gasteiger partial charge in [0.1, 0.15) is 11.5 Å². The van der Waals surface area contributed by atoms with Gasteiger partial charge in [0, 0.05) is 10.7 Å². The van der Waals surface area contributed by atoms with Crippen molar-refractivity contribution in [2.45, 2.75) is 25.0 Å². The second kappa shape index (κ2) is 5.60. The van der Waals surface area contributed by atoms with Gasteiger partial charge in [0.05, 0.1) is 25.2 Å². The molecule has 6 heteroatoms. The van der Waals surface area contributed by atoms with E-state index in [0.29, 0.717) is 18.2 Å². The number of nitrogens with zero attached hydrogens (tertiary/aromatic N) is 1. The fourth-order valence-corrected chi connectivity index (χ4v) is 4.03. The minimum absolute atomic E-state index is 0.0948. The van der Waals surface area contributed by atoms with Gasteiger partial charge in [0.15, 0.2) is 0 Å². The molecule has 1 aromatic carbocycles. The molecule has 0 N–H and O–H groups in total. The first-order valence-electron chi connectivity index (χ1n) is 8.16. The highest BCUT2D eigenvalue weighted by atomic mass is 35.5. The van der Waals surface area contributed by atoms with Gasteiger partial charge in [-0.2, -0.15) is 0 Å². The summed E-state index contributed by atoms with van der Waals surface area (Å²) in [6.07, 6.45) is 4.20. The van der Waals surface area contributed by atoms with Crippen molar-refractivity contribution in [3.8, 4) is 0 Å². The van der Waals surface area contributed by atoms with E-state index in [1.807, 2.05) is 19.1 Å². The smallest absolute Gasteiger partial charge is 0.312 e. The van der Waals surface area contributed by atoms with E-state index in [-0.39, 0.29) is 18.0 Å². The van der Waals surface area contributed by atoms with Crippen LogP contribution in [0.15, 0.2) is 36.4 Å². The first kappa shape index (κ1) is 15.7. The fourth-order valence-electron chi connectivity index (χ4n) is 3.91. The van der Waals surface area contributed by atoms with Gasteiger partial charge in [-0.25, -0.2) is 0 Å². The number of rotatable bonds is 4. The van der Waals surface area contributed by atoms with Gasteiger partial charge in [-0.15, -0.1) is 0 Å². The lowest BCUT2D eigenvalue weighted by atomic mass is 9.77. The highest BCUT2D eigenvalue weighted by Gasteiger charge is 2.67. The monoisotopic (exact) mass is 347 g/mol. The summed E-state index contributed by atoms with van der Waals surface area (Å²) < 4.78 is 11.3. The number of ether oxygens (including phenoxy) is 2. The van der Waals surface area contributed by atoms with Crippen LogP contribution in [-0.4, -0.2) is 36.7 Å².